The molecule has 2 N–H and O–H groups in total. The molecule has 23 heavy (non-hydrogen) atoms. The molecule has 1 saturated carbocycles. The zero-order valence-electron chi connectivity index (χ0n) is 12.1. The highest BCUT2D eigenvalue weighted by Crippen LogP contribution is 2.22. The number of sulfonamides is 1. The zero-order chi connectivity index (χ0) is 16.4. The van der Waals surface area contributed by atoms with E-state index in [0.717, 1.165) is 12.8 Å². The third-order valence-corrected chi connectivity index (χ3v) is 5.01. The molecule has 7 heteroatoms. The molecule has 120 valence electrons. The van der Waals surface area contributed by atoms with Crippen molar-refractivity contribution in [3.05, 3.63) is 59.1 Å². The first-order chi connectivity index (χ1) is 10.9. The van der Waals surface area contributed by atoms with E-state index < -0.39 is 10.0 Å². The molecule has 1 fully saturated rings. The van der Waals surface area contributed by atoms with Crippen molar-refractivity contribution in [2.75, 3.05) is 4.72 Å². The van der Waals surface area contributed by atoms with Gasteiger partial charge in [0.05, 0.1) is 10.6 Å². The summed E-state index contributed by atoms with van der Waals surface area (Å²) in [6.45, 7) is 0. The van der Waals surface area contributed by atoms with E-state index in [9.17, 15) is 13.2 Å². The molecule has 0 aromatic heterocycles. The van der Waals surface area contributed by atoms with Crippen molar-refractivity contribution < 1.29 is 13.2 Å². The van der Waals surface area contributed by atoms with Crippen LogP contribution in [-0.2, 0) is 10.0 Å². The second-order valence-corrected chi connectivity index (χ2v) is 7.51. The number of carbonyl (C=O) groups is 1. The second kappa shape index (κ2) is 6.22. The van der Waals surface area contributed by atoms with Crippen LogP contribution in [-0.4, -0.2) is 20.4 Å². The first kappa shape index (κ1) is 15.8. The number of nitrogens with one attached hydrogen (secondary N) is 2. The predicted molar refractivity (Wildman–Crippen MR) is 89.2 cm³/mol. The molecule has 1 aliphatic carbocycles. The Balaban J connectivity index is 1.83. The van der Waals surface area contributed by atoms with E-state index in [0.29, 0.717) is 16.3 Å². The maximum atomic E-state index is 12.4. The highest BCUT2D eigenvalue weighted by molar-refractivity contribution is 7.92. The Morgan fingerprint density at radius 2 is 1.83 bits per heavy atom. The van der Waals surface area contributed by atoms with Crippen molar-refractivity contribution in [2.24, 2.45) is 0 Å². The third-order valence-electron chi connectivity index (χ3n) is 3.40. The Hall–Kier alpha value is -2.05. The highest BCUT2D eigenvalue weighted by atomic mass is 35.5. The van der Waals surface area contributed by atoms with Crippen LogP contribution in [0.25, 0.3) is 0 Å². The number of carbonyl (C=O) groups excluding carboxylic acids is 1. The van der Waals surface area contributed by atoms with Crippen LogP contribution in [0.1, 0.15) is 23.2 Å². The summed E-state index contributed by atoms with van der Waals surface area (Å²) in [5.74, 6) is -0.257. The number of benzene rings is 2. The number of rotatable bonds is 5. The molecule has 0 atom stereocenters. The SMILES string of the molecule is O=C(NC1CC1)c1cccc(S(=O)(=O)Nc2cccc(Cl)c2)c1. The lowest BCUT2D eigenvalue weighted by Crippen LogP contribution is -2.25. The fraction of sp³-hybridized carbons (Fsp3) is 0.188. The van der Waals surface area contributed by atoms with Gasteiger partial charge in [-0.05, 0) is 49.2 Å². The van der Waals surface area contributed by atoms with Crippen LogP contribution < -0.4 is 10.0 Å². The average molecular weight is 351 g/mol. The van der Waals surface area contributed by atoms with E-state index in [2.05, 4.69) is 10.0 Å². The maximum absolute atomic E-state index is 12.4. The molecule has 0 unspecified atom stereocenters. The molecular formula is C16H15ClN2O3S. The predicted octanol–water partition coefficient (Wildman–Crippen LogP) is 3.03. The molecule has 3 rings (SSSR count). The van der Waals surface area contributed by atoms with E-state index in [4.69, 9.17) is 11.6 Å². The van der Waals surface area contributed by atoms with Gasteiger partial charge in [0.15, 0.2) is 0 Å². The molecule has 1 amide bonds. The molecule has 0 aliphatic heterocycles. The van der Waals surface area contributed by atoms with Gasteiger partial charge in [-0.3, -0.25) is 9.52 Å². The fourth-order valence-electron chi connectivity index (χ4n) is 2.07. The fourth-order valence-corrected chi connectivity index (χ4v) is 3.35. The molecule has 0 spiro atoms. The second-order valence-electron chi connectivity index (χ2n) is 5.39. The minimum absolute atomic E-state index is 0.0286. The Bertz CT molecular complexity index is 848. The van der Waals surface area contributed by atoms with E-state index in [1.165, 1.54) is 18.2 Å². The zero-order valence-corrected chi connectivity index (χ0v) is 13.7. The van der Waals surface area contributed by atoms with E-state index in [-0.39, 0.29) is 16.8 Å². The topological polar surface area (TPSA) is 75.3 Å². The van der Waals surface area contributed by atoms with E-state index in [1.807, 2.05) is 0 Å². The lowest BCUT2D eigenvalue weighted by Gasteiger charge is -2.10. The highest BCUT2D eigenvalue weighted by Gasteiger charge is 2.24. The van der Waals surface area contributed by atoms with Crippen LogP contribution in [0.2, 0.25) is 5.02 Å². The number of hydrogen-bond acceptors (Lipinski definition) is 3. The summed E-state index contributed by atoms with van der Waals surface area (Å²) in [4.78, 5) is 12.1. The van der Waals surface area contributed by atoms with Gasteiger partial charge in [0.25, 0.3) is 15.9 Å². The van der Waals surface area contributed by atoms with Gasteiger partial charge in [-0.2, -0.15) is 0 Å². The van der Waals surface area contributed by atoms with Gasteiger partial charge in [0, 0.05) is 16.6 Å². The summed E-state index contributed by atoms with van der Waals surface area (Å²) < 4.78 is 27.3. The summed E-state index contributed by atoms with van der Waals surface area (Å²) in [6, 6.07) is 12.6. The van der Waals surface area contributed by atoms with Gasteiger partial charge < -0.3 is 5.32 Å². The quantitative estimate of drug-likeness (QED) is 0.870. The van der Waals surface area contributed by atoms with Crippen LogP contribution >= 0.6 is 11.6 Å². The average Bonchev–Trinajstić information content (AvgIpc) is 3.31. The normalized spacial score (nSPS) is 14.3. The first-order valence-electron chi connectivity index (χ1n) is 7.13. The molecule has 0 heterocycles. The standard InChI is InChI=1S/C16H15ClN2O3S/c17-12-4-2-5-14(10-12)19-23(21,22)15-6-1-3-11(9-15)16(20)18-13-7-8-13/h1-6,9-10,13,19H,7-8H2,(H,18,20). The number of amides is 1. The summed E-state index contributed by atoms with van der Waals surface area (Å²) in [5.41, 5.74) is 0.691. The van der Waals surface area contributed by atoms with Crippen LogP contribution in [0.15, 0.2) is 53.4 Å². The third kappa shape index (κ3) is 4.03. The van der Waals surface area contributed by atoms with Crippen molar-refractivity contribution in [3.8, 4) is 0 Å². The first-order valence-corrected chi connectivity index (χ1v) is 8.99. The van der Waals surface area contributed by atoms with Crippen LogP contribution in [0.3, 0.4) is 0 Å². The van der Waals surface area contributed by atoms with Crippen molar-refractivity contribution in [1.29, 1.82) is 0 Å². The van der Waals surface area contributed by atoms with Crippen molar-refractivity contribution in [1.82, 2.24) is 5.32 Å². The smallest absolute Gasteiger partial charge is 0.261 e. The van der Waals surface area contributed by atoms with Gasteiger partial charge in [-0.25, -0.2) is 8.42 Å². The summed E-state index contributed by atoms with van der Waals surface area (Å²) in [6.07, 6.45) is 1.94. The van der Waals surface area contributed by atoms with Gasteiger partial charge in [0.1, 0.15) is 0 Å². The minimum Gasteiger partial charge on any atom is -0.349 e. The summed E-state index contributed by atoms with van der Waals surface area (Å²) >= 11 is 5.85. The molecule has 0 saturated heterocycles. The number of halogens is 1. The van der Waals surface area contributed by atoms with Crippen LogP contribution in [0.4, 0.5) is 5.69 Å². The molecule has 2 aromatic carbocycles. The summed E-state index contributed by atoms with van der Waals surface area (Å²) in [7, 11) is -3.79. The Kier molecular flexibility index (Phi) is 4.28. The van der Waals surface area contributed by atoms with Crippen molar-refractivity contribution in [3.63, 3.8) is 0 Å². The molecule has 5 nitrogen and oxygen atoms in total. The lowest BCUT2D eigenvalue weighted by atomic mass is 10.2. The molecule has 1 aliphatic rings. The van der Waals surface area contributed by atoms with Gasteiger partial charge in [0.2, 0.25) is 0 Å². The van der Waals surface area contributed by atoms with Gasteiger partial charge >= 0.3 is 0 Å². The number of hydrogen-bond donors (Lipinski definition) is 2. The Morgan fingerprint density at radius 1 is 1.09 bits per heavy atom. The van der Waals surface area contributed by atoms with E-state index in [1.54, 1.807) is 30.3 Å². The van der Waals surface area contributed by atoms with Crippen molar-refractivity contribution >= 4 is 33.2 Å². The Morgan fingerprint density at radius 3 is 2.52 bits per heavy atom. The number of anilines is 1. The maximum Gasteiger partial charge on any atom is 0.261 e. The monoisotopic (exact) mass is 350 g/mol. The summed E-state index contributed by atoms with van der Waals surface area (Å²) in [5, 5.41) is 3.27. The minimum atomic E-state index is -3.79. The van der Waals surface area contributed by atoms with Crippen LogP contribution in [0.5, 0.6) is 0 Å². The lowest BCUT2D eigenvalue weighted by molar-refractivity contribution is 0.0951. The van der Waals surface area contributed by atoms with Gasteiger partial charge in [-0.15, -0.1) is 0 Å². The molecular weight excluding hydrogens is 336 g/mol. The molecule has 2 aromatic rings. The van der Waals surface area contributed by atoms with Gasteiger partial charge in [-0.1, -0.05) is 23.7 Å². The van der Waals surface area contributed by atoms with E-state index >= 15 is 0 Å². The van der Waals surface area contributed by atoms with Crippen LogP contribution in [0, 0.1) is 0 Å². The molecule has 0 bridgehead atoms. The van der Waals surface area contributed by atoms with Crippen molar-refractivity contribution in [2.45, 2.75) is 23.8 Å². The Labute approximate surface area is 139 Å². The largest absolute Gasteiger partial charge is 0.349 e. The molecule has 0 radical (unpaired) electrons.